The van der Waals surface area contributed by atoms with Crippen LogP contribution in [0.4, 0.5) is 4.39 Å². The summed E-state index contributed by atoms with van der Waals surface area (Å²) in [5.74, 6) is -0.431. The van der Waals surface area contributed by atoms with Gasteiger partial charge in [-0.1, -0.05) is 41.1 Å². The number of halogens is 2. The lowest BCUT2D eigenvalue weighted by atomic mass is 9.95. The van der Waals surface area contributed by atoms with Crippen molar-refractivity contribution >= 4 is 41.0 Å². The minimum absolute atomic E-state index is 0.0529. The van der Waals surface area contributed by atoms with Gasteiger partial charge in [0.25, 0.3) is 5.56 Å². The van der Waals surface area contributed by atoms with Crippen LogP contribution in [0.3, 0.4) is 0 Å². The van der Waals surface area contributed by atoms with Crippen molar-refractivity contribution in [2.24, 2.45) is 4.99 Å². The number of fused-ring (bicyclic) bond motifs is 1. The molecule has 0 fully saturated rings. The number of ether oxygens (including phenoxy) is 6. The van der Waals surface area contributed by atoms with Crippen LogP contribution in [0, 0.1) is 5.82 Å². The van der Waals surface area contributed by atoms with Gasteiger partial charge in [-0.05, 0) is 79.9 Å². The first-order valence-electron chi connectivity index (χ1n) is 15.5. The van der Waals surface area contributed by atoms with E-state index in [0.29, 0.717) is 43.2 Å². The highest BCUT2D eigenvalue weighted by atomic mass is 35.5. The number of hydrogen-bond acceptors (Lipinski definition) is 11. The Kier molecular flexibility index (Phi) is 11.6. The molecule has 0 aliphatic carbocycles. The monoisotopic (exact) mass is 724 g/mol. The number of carbonyl (C=O) groups is 2. The smallest absolute Gasteiger partial charge is 0.343 e. The first-order chi connectivity index (χ1) is 24.1. The zero-order valence-corrected chi connectivity index (χ0v) is 29.5. The maximum atomic E-state index is 14.2. The Hall–Kier alpha value is -5.14. The molecule has 4 aromatic rings. The number of methoxy groups -OCH3 is 2. The van der Waals surface area contributed by atoms with Crippen LogP contribution in [0.15, 0.2) is 75.7 Å². The standard InChI is InChI=1S/C36H34ClFN2O9S/c1-6-46-27-17-23(11-12-26(27)48-19-30(41)45-5)32-31(35(43)47-7-2)20(3)39-36-40(32)34(42)29(50-36)16-22-14-25(37)33(28(15-22)44-4)49-18-21-9-8-10-24(38)13-21/h8-17,32H,6-7,18-19H2,1-5H3/b29-16-/t32-/m0/s1. The van der Waals surface area contributed by atoms with Gasteiger partial charge in [0.05, 0.1) is 54.3 Å². The molecule has 1 aliphatic rings. The molecule has 262 valence electrons. The molecular formula is C36H34ClFN2O9S. The predicted molar refractivity (Wildman–Crippen MR) is 184 cm³/mol. The van der Waals surface area contributed by atoms with Crippen molar-refractivity contribution in [1.29, 1.82) is 0 Å². The largest absolute Gasteiger partial charge is 0.493 e. The van der Waals surface area contributed by atoms with E-state index in [1.165, 1.54) is 30.9 Å². The van der Waals surface area contributed by atoms with E-state index < -0.39 is 23.5 Å². The molecule has 2 heterocycles. The zero-order chi connectivity index (χ0) is 35.9. The highest BCUT2D eigenvalue weighted by Gasteiger charge is 2.34. The van der Waals surface area contributed by atoms with Crippen molar-refractivity contribution in [2.45, 2.75) is 33.4 Å². The van der Waals surface area contributed by atoms with E-state index in [-0.39, 0.29) is 54.3 Å². The number of allylic oxidation sites excluding steroid dienone is 1. The van der Waals surface area contributed by atoms with E-state index in [1.54, 1.807) is 69.3 Å². The first-order valence-corrected chi connectivity index (χ1v) is 16.7. The molecular weight excluding hydrogens is 691 g/mol. The van der Waals surface area contributed by atoms with Gasteiger partial charge in [-0.2, -0.15) is 0 Å². The maximum Gasteiger partial charge on any atom is 0.343 e. The number of carbonyl (C=O) groups excluding carboxylic acids is 2. The molecule has 0 saturated heterocycles. The zero-order valence-electron chi connectivity index (χ0n) is 27.9. The molecule has 0 radical (unpaired) electrons. The number of benzene rings is 3. The third-order valence-corrected chi connectivity index (χ3v) is 8.76. The Morgan fingerprint density at radius 3 is 2.50 bits per heavy atom. The van der Waals surface area contributed by atoms with Crippen molar-refractivity contribution in [2.75, 3.05) is 34.0 Å². The van der Waals surface area contributed by atoms with Crippen molar-refractivity contribution < 1.29 is 42.4 Å². The lowest BCUT2D eigenvalue weighted by Crippen LogP contribution is -2.40. The number of aromatic nitrogens is 1. The molecule has 0 N–H and O–H groups in total. The lowest BCUT2D eigenvalue weighted by Gasteiger charge is -2.25. The number of nitrogens with zero attached hydrogens (tertiary/aromatic N) is 2. The molecule has 11 nitrogen and oxygen atoms in total. The van der Waals surface area contributed by atoms with E-state index >= 15 is 0 Å². The van der Waals surface area contributed by atoms with Gasteiger partial charge >= 0.3 is 11.9 Å². The first kappa shape index (κ1) is 36.1. The molecule has 3 aromatic carbocycles. The highest BCUT2D eigenvalue weighted by molar-refractivity contribution is 7.07. The highest BCUT2D eigenvalue weighted by Crippen LogP contribution is 2.38. The minimum atomic E-state index is -0.932. The van der Waals surface area contributed by atoms with Crippen molar-refractivity contribution in [3.05, 3.63) is 113 Å². The average molecular weight is 725 g/mol. The second-order valence-electron chi connectivity index (χ2n) is 10.8. The second kappa shape index (κ2) is 16.0. The van der Waals surface area contributed by atoms with Crippen LogP contribution in [0.2, 0.25) is 5.02 Å². The van der Waals surface area contributed by atoms with Gasteiger partial charge in [0.1, 0.15) is 12.4 Å². The Balaban J connectivity index is 1.58. The van der Waals surface area contributed by atoms with Gasteiger partial charge in [0.15, 0.2) is 34.4 Å². The summed E-state index contributed by atoms with van der Waals surface area (Å²) in [6.45, 7) is 5.27. The topological polar surface area (TPSA) is 124 Å². The van der Waals surface area contributed by atoms with Crippen LogP contribution in [0.25, 0.3) is 6.08 Å². The van der Waals surface area contributed by atoms with Gasteiger partial charge in [0.2, 0.25) is 0 Å². The molecule has 1 aliphatic heterocycles. The third-order valence-electron chi connectivity index (χ3n) is 7.50. The summed E-state index contributed by atoms with van der Waals surface area (Å²) in [5, 5.41) is 0.219. The molecule has 0 bridgehead atoms. The molecule has 0 saturated carbocycles. The van der Waals surface area contributed by atoms with Crippen LogP contribution in [0.1, 0.15) is 43.5 Å². The summed E-state index contributed by atoms with van der Waals surface area (Å²) in [5.41, 5.74) is 1.82. The van der Waals surface area contributed by atoms with E-state index in [2.05, 4.69) is 9.73 Å². The number of hydrogen-bond donors (Lipinski definition) is 0. The third kappa shape index (κ3) is 7.84. The summed E-state index contributed by atoms with van der Waals surface area (Å²) in [4.78, 5) is 44.3. The summed E-state index contributed by atoms with van der Waals surface area (Å²) in [6, 6.07) is 13.3. The Morgan fingerprint density at radius 2 is 1.80 bits per heavy atom. The molecule has 0 spiro atoms. The number of esters is 2. The SMILES string of the molecule is CCOC(=O)C1=C(C)N=c2s/c(=C\c3cc(Cl)c(OCc4cccc(F)c4)c(OC)c3)c(=O)n2[C@H]1c1ccc(OCC(=O)OC)c(OCC)c1. The fourth-order valence-electron chi connectivity index (χ4n) is 5.28. The maximum absolute atomic E-state index is 14.2. The van der Waals surface area contributed by atoms with E-state index in [9.17, 15) is 18.8 Å². The van der Waals surface area contributed by atoms with Crippen LogP contribution in [-0.4, -0.2) is 50.5 Å². The Labute approximate surface area is 295 Å². The van der Waals surface area contributed by atoms with E-state index in [1.807, 2.05) is 0 Å². The van der Waals surface area contributed by atoms with Gasteiger partial charge in [-0.15, -0.1) is 0 Å². The van der Waals surface area contributed by atoms with Crippen LogP contribution >= 0.6 is 22.9 Å². The summed E-state index contributed by atoms with van der Waals surface area (Å²) >= 11 is 7.76. The van der Waals surface area contributed by atoms with Gasteiger partial charge in [0, 0.05) is 0 Å². The predicted octanol–water partition coefficient (Wildman–Crippen LogP) is 5.13. The molecule has 14 heteroatoms. The molecule has 50 heavy (non-hydrogen) atoms. The molecule has 0 unspecified atom stereocenters. The Morgan fingerprint density at radius 1 is 1.00 bits per heavy atom. The van der Waals surface area contributed by atoms with E-state index in [0.717, 1.165) is 11.3 Å². The Bertz CT molecular complexity index is 2140. The van der Waals surface area contributed by atoms with Crippen LogP contribution < -0.4 is 33.8 Å². The summed E-state index contributed by atoms with van der Waals surface area (Å²) in [6.07, 6.45) is 1.64. The number of thiazole rings is 1. The molecule has 0 amide bonds. The van der Waals surface area contributed by atoms with Crippen molar-refractivity contribution in [3.8, 4) is 23.0 Å². The summed E-state index contributed by atoms with van der Waals surface area (Å²) < 4.78 is 48.4. The molecule has 5 rings (SSSR count). The fraction of sp³-hybridized carbons (Fsp3) is 0.278. The van der Waals surface area contributed by atoms with E-state index in [4.69, 9.17) is 35.3 Å². The van der Waals surface area contributed by atoms with Gasteiger partial charge in [-0.25, -0.2) is 19.0 Å². The minimum Gasteiger partial charge on any atom is -0.493 e. The number of rotatable bonds is 13. The van der Waals surface area contributed by atoms with Gasteiger partial charge in [-0.3, -0.25) is 9.36 Å². The van der Waals surface area contributed by atoms with Crippen LogP contribution in [0.5, 0.6) is 23.0 Å². The summed E-state index contributed by atoms with van der Waals surface area (Å²) in [7, 11) is 2.71. The quantitative estimate of drug-likeness (QED) is 0.173. The second-order valence-corrected chi connectivity index (χ2v) is 12.2. The average Bonchev–Trinajstić information content (AvgIpc) is 3.39. The van der Waals surface area contributed by atoms with Crippen molar-refractivity contribution in [3.63, 3.8) is 0 Å². The molecule has 1 atom stereocenters. The van der Waals surface area contributed by atoms with Gasteiger partial charge < -0.3 is 28.4 Å². The lowest BCUT2D eigenvalue weighted by molar-refractivity contribution is -0.143. The molecule has 1 aromatic heterocycles. The fourth-order valence-corrected chi connectivity index (χ4v) is 6.60. The normalized spacial score (nSPS) is 14.1. The van der Waals surface area contributed by atoms with Crippen LogP contribution in [-0.2, 0) is 25.7 Å². The van der Waals surface area contributed by atoms with Crippen molar-refractivity contribution in [1.82, 2.24) is 4.57 Å².